The van der Waals surface area contributed by atoms with Gasteiger partial charge in [0.1, 0.15) is 17.5 Å². The van der Waals surface area contributed by atoms with Gasteiger partial charge in [-0.05, 0) is 41.5 Å². The van der Waals surface area contributed by atoms with Gasteiger partial charge in [-0.1, -0.05) is 59.8 Å². The highest BCUT2D eigenvalue weighted by Crippen LogP contribution is 2.28. The Labute approximate surface area is 176 Å². The van der Waals surface area contributed by atoms with Crippen LogP contribution in [0.2, 0.25) is 5.02 Å². The van der Waals surface area contributed by atoms with Gasteiger partial charge in [-0.3, -0.25) is 4.57 Å². The molecule has 0 unspecified atom stereocenters. The van der Waals surface area contributed by atoms with Gasteiger partial charge in [0.05, 0.1) is 5.69 Å². The van der Waals surface area contributed by atoms with Crippen LogP contribution in [-0.2, 0) is 12.2 Å². The third-order valence-electron chi connectivity index (χ3n) is 4.26. The van der Waals surface area contributed by atoms with Gasteiger partial charge in [0.15, 0.2) is 5.16 Å². The highest BCUT2D eigenvalue weighted by molar-refractivity contribution is 7.98. The smallest absolute Gasteiger partial charge is 0.196 e. The largest absolute Gasteiger partial charge is 0.274 e. The molecule has 4 rings (SSSR count). The number of benzene rings is 3. The maximum atomic E-state index is 13.5. The van der Waals surface area contributed by atoms with Crippen LogP contribution in [0.5, 0.6) is 0 Å². The van der Waals surface area contributed by atoms with Crippen molar-refractivity contribution in [3.8, 4) is 5.69 Å². The third-order valence-corrected chi connectivity index (χ3v) is 5.50. The van der Waals surface area contributed by atoms with Crippen LogP contribution >= 0.6 is 23.4 Å². The lowest BCUT2D eigenvalue weighted by molar-refractivity contribution is 0.581. The lowest BCUT2D eigenvalue weighted by Gasteiger charge is -2.11. The molecule has 0 aliphatic rings. The standard InChI is InChI=1S/C22H16ClF2N3S/c23-17-7-4-8-20(12-17)28-21(11-15-5-2-1-3-6-15)26-27-22(28)29-14-16-9-18(24)13-19(25)10-16/h1-10,12-13H,11,14H2. The second kappa shape index (κ2) is 8.76. The van der Waals surface area contributed by atoms with Crippen molar-refractivity contribution < 1.29 is 8.78 Å². The molecule has 146 valence electrons. The third kappa shape index (κ3) is 4.83. The molecule has 0 fully saturated rings. The minimum atomic E-state index is -0.596. The molecule has 0 bridgehead atoms. The first-order valence-corrected chi connectivity index (χ1v) is 10.3. The Hall–Kier alpha value is -2.70. The fourth-order valence-electron chi connectivity index (χ4n) is 3.00. The molecule has 0 atom stereocenters. The molecule has 7 heteroatoms. The Bertz CT molecular complexity index is 1110. The van der Waals surface area contributed by atoms with Gasteiger partial charge in [-0.15, -0.1) is 10.2 Å². The maximum Gasteiger partial charge on any atom is 0.196 e. The molecule has 3 aromatic carbocycles. The van der Waals surface area contributed by atoms with Gasteiger partial charge in [0.2, 0.25) is 0 Å². The lowest BCUT2D eigenvalue weighted by atomic mass is 10.1. The second-order valence-electron chi connectivity index (χ2n) is 6.44. The normalized spacial score (nSPS) is 11.0. The molecule has 0 spiro atoms. The number of hydrogen-bond donors (Lipinski definition) is 0. The Morgan fingerprint density at radius 1 is 0.828 bits per heavy atom. The maximum absolute atomic E-state index is 13.5. The predicted molar refractivity (Wildman–Crippen MR) is 112 cm³/mol. The van der Waals surface area contributed by atoms with E-state index in [0.29, 0.717) is 27.9 Å². The highest BCUT2D eigenvalue weighted by Gasteiger charge is 2.16. The monoisotopic (exact) mass is 427 g/mol. The van der Waals surface area contributed by atoms with E-state index in [9.17, 15) is 8.78 Å². The van der Waals surface area contributed by atoms with Crippen LogP contribution in [-0.4, -0.2) is 14.8 Å². The summed E-state index contributed by atoms with van der Waals surface area (Å²) in [6, 6.07) is 20.9. The van der Waals surface area contributed by atoms with Crippen molar-refractivity contribution >= 4 is 23.4 Å². The number of nitrogens with zero attached hydrogens (tertiary/aromatic N) is 3. The van der Waals surface area contributed by atoms with Gasteiger partial charge >= 0.3 is 0 Å². The predicted octanol–water partition coefficient (Wildman–Crippen LogP) is 6.08. The molecular weight excluding hydrogens is 412 g/mol. The lowest BCUT2D eigenvalue weighted by Crippen LogP contribution is -2.04. The number of aromatic nitrogens is 3. The fraction of sp³-hybridized carbons (Fsp3) is 0.0909. The summed E-state index contributed by atoms with van der Waals surface area (Å²) < 4.78 is 28.9. The molecule has 0 amide bonds. The molecule has 0 saturated carbocycles. The highest BCUT2D eigenvalue weighted by atomic mass is 35.5. The molecule has 3 nitrogen and oxygen atoms in total. The van der Waals surface area contributed by atoms with Crippen LogP contribution in [0.15, 0.2) is 78.0 Å². The molecule has 1 heterocycles. The molecule has 29 heavy (non-hydrogen) atoms. The molecule has 0 aliphatic heterocycles. The summed E-state index contributed by atoms with van der Waals surface area (Å²) in [6.07, 6.45) is 0.593. The summed E-state index contributed by atoms with van der Waals surface area (Å²) in [5.74, 6) is -0.0756. The van der Waals surface area contributed by atoms with Crippen LogP contribution in [0.4, 0.5) is 8.78 Å². The van der Waals surface area contributed by atoms with E-state index < -0.39 is 11.6 Å². The van der Waals surface area contributed by atoms with Crippen molar-refractivity contribution in [1.29, 1.82) is 0 Å². The fourth-order valence-corrected chi connectivity index (χ4v) is 4.09. The molecule has 0 saturated heterocycles. The van der Waals surface area contributed by atoms with Crippen LogP contribution < -0.4 is 0 Å². The van der Waals surface area contributed by atoms with Gasteiger partial charge in [0, 0.05) is 23.3 Å². The van der Waals surface area contributed by atoms with Crippen molar-refractivity contribution in [2.75, 3.05) is 0 Å². The molecule has 1 aromatic heterocycles. The van der Waals surface area contributed by atoms with E-state index in [-0.39, 0.29) is 0 Å². The summed E-state index contributed by atoms with van der Waals surface area (Å²) in [7, 11) is 0. The minimum absolute atomic E-state index is 0.360. The summed E-state index contributed by atoms with van der Waals surface area (Å²) in [5, 5.41) is 9.92. The first kappa shape index (κ1) is 19.6. The minimum Gasteiger partial charge on any atom is -0.274 e. The van der Waals surface area contributed by atoms with Gasteiger partial charge in [0.25, 0.3) is 0 Å². The molecule has 0 radical (unpaired) electrons. The topological polar surface area (TPSA) is 30.7 Å². The summed E-state index contributed by atoms with van der Waals surface area (Å²) in [6.45, 7) is 0. The van der Waals surface area contributed by atoms with Crippen LogP contribution in [0, 0.1) is 11.6 Å². The van der Waals surface area contributed by atoms with Crippen molar-refractivity contribution in [3.05, 3.63) is 106 Å². The molecule has 0 aliphatic carbocycles. The average molecular weight is 428 g/mol. The number of halogens is 3. The molecule has 4 aromatic rings. The Kier molecular flexibility index (Phi) is 5.92. The number of rotatable bonds is 6. The van der Waals surface area contributed by atoms with E-state index in [2.05, 4.69) is 10.2 Å². The second-order valence-corrected chi connectivity index (χ2v) is 7.82. The Morgan fingerprint density at radius 3 is 2.31 bits per heavy atom. The summed E-state index contributed by atoms with van der Waals surface area (Å²) in [4.78, 5) is 0. The van der Waals surface area contributed by atoms with E-state index in [1.54, 1.807) is 6.07 Å². The zero-order chi connectivity index (χ0) is 20.2. The first-order chi connectivity index (χ1) is 14.1. The summed E-state index contributed by atoms with van der Waals surface area (Å²) in [5.41, 5.74) is 2.48. The summed E-state index contributed by atoms with van der Waals surface area (Å²) >= 11 is 7.55. The van der Waals surface area contributed by atoms with Crippen molar-refractivity contribution in [2.24, 2.45) is 0 Å². The van der Waals surface area contributed by atoms with E-state index >= 15 is 0 Å². The van der Waals surface area contributed by atoms with Gasteiger partial charge in [-0.25, -0.2) is 8.78 Å². The Balaban J connectivity index is 1.67. The van der Waals surface area contributed by atoms with Crippen molar-refractivity contribution in [1.82, 2.24) is 14.8 Å². The van der Waals surface area contributed by atoms with Crippen LogP contribution in [0.25, 0.3) is 5.69 Å². The van der Waals surface area contributed by atoms with E-state index in [0.717, 1.165) is 23.1 Å². The molecular formula is C22H16ClF2N3S. The zero-order valence-electron chi connectivity index (χ0n) is 15.2. The van der Waals surface area contributed by atoms with Crippen LogP contribution in [0.3, 0.4) is 0 Å². The average Bonchev–Trinajstić information content (AvgIpc) is 3.09. The SMILES string of the molecule is Fc1cc(F)cc(CSc2nnc(Cc3ccccc3)n2-c2cccc(Cl)c2)c1. The zero-order valence-corrected chi connectivity index (χ0v) is 16.8. The van der Waals surface area contributed by atoms with E-state index in [1.165, 1.54) is 23.9 Å². The molecule has 0 N–H and O–H groups in total. The van der Waals surface area contributed by atoms with Gasteiger partial charge < -0.3 is 0 Å². The van der Waals surface area contributed by atoms with Crippen LogP contribution in [0.1, 0.15) is 17.0 Å². The van der Waals surface area contributed by atoms with Crippen molar-refractivity contribution in [2.45, 2.75) is 17.3 Å². The van der Waals surface area contributed by atoms with Gasteiger partial charge in [-0.2, -0.15) is 0 Å². The quantitative estimate of drug-likeness (QED) is 0.349. The van der Waals surface area contributed by atoms with Crippen molar-refractivity contribution in [3.63, 3.8) is 0 Å². The first-order valence-electron chi connectivity index (χ1n) is 8.90. The van der Waals surface area contributed by atoms with E-state index in [4.69, 9.17) is 11.6 Å². The number of hydrogen-bond acceptors (Lipinski definition) is 3. The van der Waals surface area contributed by atoms with E-state index in [1.807, 2.05) is 53.1 Å². The Morgan fingerprint density at radius 2 is 1.59 bits per heavy atom. The number of thioether (sulfide) groups is 1.